The molecule has 0 aliphatic heterocycles. The van der Waals surface area contributed by atoms with Gasteiger partial charge in [-0.3, -0.25) is 9.53 Å². The Kier molecular flexibility index (Phi) is 13.2. The van der Waals surface area contributed by atoms with Crippen LogP contribution >= 0.6 is 0 Å². The van der Waals surface area contributed by atoms with Gasteiger partial charge in [0, 0.05) is 70.5 Å². The summed E-state index contributed by atoms with van der Waals surface area (Å²) < 4.78 is 62.8. The van der Waals surface area contributed by atoms with Crippen LogP contribution in [0.25, 0.3) is 11.1 Å². The molecule has 2 aromatic carbocycles. The summed E-state index contributed by atoms with van der Waals surface area (Å²) >= 11 is -2.34. The van der Waals surface area contributed by atoms with Crippen LogP contribution in [0.15, 0.2) is 53.4 Å². The first-order valence-corrected chi connectivity index (χ1v) is 10.0. The van der Waals surface area contributed by atoms with Gasteiger partial charge in [-0.2, -0.15) is 13.2 Å². The van der Waals surface area contributed by atoms with Gasteiger partial charge in [0.2, 0.25) is 0 Å². The van der Waals surface area contributed by atoms with Gasteiger partial charge in [-0.05, 0) is 52.2 Å². The number of alkyl halides is 3. The second-order valence-electron chi connectivity index (χ2n) is 7.17. The van der Waals surface area contributed by atoms with Crippen LogP contribution in [0.5, 0.6) is 0 Å². The maximum absolute atomic E-state index is 13.7. The molecule has 31 heavy (non-hydrogen) atoms. The van der Waals surface area contributed by atoms with Crippen LogP contribution in [0.3, 0.4) is 0 Å². The van der Waals surface area contributed by atoms with Crippen molar-refractivity contribution in [3.8, 4) is 11.1 Å². The van der Waals surface area contributed by atoms with Crippen LogP contribution in [0.4, 0.5) is 13.2 Å². The molecular weight excluding hydrogens is 676 g/mol. The molecule has 0 bridgehead atoms. The SMILES string of the molecule is [CH2-]C(=O)[C@H](CC(C)C)N[C@@H](c1ccc(-c2ccc(S(=O)[O-])cc2)cc1)C(F)(F)F.[W].[Y]. The summed E-state index contributed by atoms with van der Waals surface area (Å²) in [7, 11) is 0. The standard InChI is InChI=1S/C21H23F3NO3S.W.Y/c1-13(2)12-19(14(3)26)25-20(21(22,23)24)17-6-4-15(5-7-17)16-8-10-18(11-9-16)29(27)28;;/h4-11,13,19-20,25H,3,12H2,1-2H3,(H,27,28);;/q-1;;/p-1/t19-,20-;;/m0../s1. The minimum Gasteiger partial charge on any atom is -0.768 e. The van der Waals surface area contributed by atoms with E-state index in [0.717, 1.165) is 0 Å². The van der Waals surface area contributed by atoms with E-state index in [1.807, 2.05) is 13.8 Å². The zero-order valence-corrected chi connectivity index (χ0v) is 23.6. The fraction of sp³-hybridized carbons (Fsp3) is 0.333. The fourth-order valence-electron chi connectivity index (χ4n) is 2.97. The number of ketones is 1. The van der Waals surface area contributed by atoms with Crippen molar-refractivity contribution in [2.24, 2.45) is 5.92 Å². The molecule has 167 valence electrons. The maximum Gasteiger partial charge on any atom is 0.407 e. The third-order valence-corrected chi connectivity index (χ3v) is 5.07. The first-order chi connectivity index (χ1) is 13.5. The van der Waals surface area contributed by atoms with Gasteiger partial charge in [0.05, 0.1) is 0 Å². The van der Waals surface area contributed by atoms with Crippen molar-refractivity contribution in [3.63, 3.8) is 0 Å². The number of nitrogens with one attached hydrogen (secondary N) is 1. The number of carbonyl (C=O) groups excluding carboxylic acids is 1. The average Bonchev–Trinajstić information content (AvgIpc) is 2.64. The molecule has 0 fully saturated rings. The van der Waals surface area contributed by atoms with Crippen molar-refractivity contribution in [3.05, 3.63) is 61.0 Å². The molecule has 1 radical (unpaired) electrons. The third kappa shape index (κ3) is 9.18. The number of hydrogen-bond acceptors (Lipinski definition) is 4. The van der Waals surface area contributed by atoms with Gasteiger partial charge in [-0.1, -0.05) is 50.2 Å². The Morgan fingerprint density at radius 1 is 1.06 bits per heavy atom. The molecule has 0 amide bonds. The molecule has 0 aliphatic rings. The van der Waals surface area contributed by atoms with Gasteiger partial charge in [-0.15, -0.1) is 0 Å². The molecule has 0 spiro atoms. The first-order valence-electron chi connectivity index (χ1n) is 8.97. The maximum atomic E-state index is 13.7. The van der Waals surface area contributed by atoms with Crippen LogP contribution in [-0.2, 0) is 69.6 Å². The predicted molar refractivity (Wildman–Crippen MR) is 105 cm³/mol. The molecule has 0 saturated heterocycles. The molecule has 10 heteroatoms. The van der Waals surface area contributed by atoms with Crippen molar-refractivity contribution in [2.45, 2.75) is 43.4 Å². The Labute approximate surface area is 222 Å². The zero-order chi connectivity index (χ0) is 21.8. The van der Waals surface area contributed by atoms with E-state index in [4.69, 9.17) is 0 Å². The minimum absolute atomic E-state index is 0. The Balaban J connectivity index is 0.00000450. The van der Waals surface area contributed by atoms with Gasteiger partial charge in [0.1, 0.15) is 6.04 Å². The molecule has 1 unspecified atom stereocenters. The number of carbonyl (C=O) groups is 1. The van der Waals surface area contributed by atoms with Crippen molar-refractivity contribution < 1.29 is 80.5 Å². The molecule has 0 aromatic heterocycles. The smallest absolute Gasteiger partial charge is 0.407 e. The Morgan fingerprint density at radius 2 is 1.52 bits per heavy atom. The summed E-state index contributed by atoms with van der Waals surface area (Å²) in [6, 6.07) is 8.76. The van der Waals surface area contributed by atoms with Crippen LogP contribution in [0, 0.1) is 12.8 Å². The molecule has 4 nitrogen and oxygen atoms in total. The van der Waals surface area contributed by atoms with Gasteiger partial charge < -0.3 is 16.3 Å². The monoisotopic (exact) mass is 698 g/mol. The van der Waals surface area contributed by atoms with E-state index in [1.54, 1.807) is 12.1 Å². The van der Waals surface area contributed by atoms with E-state index in [9.17, 15) is 26.7 Å². The summed E-state index contributed by atoms with van der Waals surface area (Å²) in [5.41, 5.74) is 1.30. The van der Waals surface area contributed by atoms with Crippen molar-refractivity contribution in [2.75, 3.05) is 0 Å². The quantitative estimate of drug-likeness (QED) is 0.324. The Hall–Kier alpha value is -0.368. The van der Waals surface area contributed by atoms with E-state index in [2.05, 4.69) is 12.2 Å². The number of benzene rings is 2. The molecule has 2 aromatic rings. The van der Waals surface area contributed by atoms with E-state index in [0.29, 0.717) is 11.1 Å². The topological polar surface area (TPSA) is 69.2 Å². The molecule has 3 atom stereocenters. The molecule has 0 aliphatic carbocycles. The minimum atomic E-state index is -4.59. The Morgan fingerprint density at radius 3 is 1.87 bits per heavy atom. The van der Waals surface area contributed by atoms with Gasteiger partial charge in [0.25, 0.3) is 0 Å². The molecule has 0 saturated carbocycles. The van der Waals surface area contributed by atoms with Gasteiger partial charge in [-0.25, -0.2) is 0 Å². The largest absolute Gasteiger partial charge is 0.768 e. The van der Waals surface area contributed by atoms with Crippen molar-refractivity contribution >= 4 is 16.9 Å². The van der Waals surface area contributed by atoms with Crippen LogP contribution in [0.2, 0.25) is 0 Å². The second kappa shape index (κ2) is 13.4. The number of halogens is 3. The van der Waals surface area contributed by atoms with Gasteiger partial charge in [0.15, 0.2) is 0 Å². The Bertz CT molecular complexity index is 862. The average molecular weight is 698 g/mol. The molecule has 1 N–H and O–H groups in total. The van der Waals surface area contributed by atoms with E-state index in [1.165, 1.54) is 36.4 Å². The summed E-state index contributed by atoms with van der Waals surface area (Å²) in [5.74, 6) is -0.554. The van der Waals surface area contributed by atoms with Gasteiger partial charge >= 0.3 is 6.18 Å². The first kappa shape index (κ1) is 30.6. The number of Topliss-reactive ketones (excluding diaryl/α,β-unsaturated/α-hetero) is 1. The molecule has 2 rings (SSSR count). The van der Waals surface area contributed by atoms with Crippen LogP contribution < -0.4 is 5.32 Å². The number of hydrogen-bond donors (Lipinski definition) is 1. The summed E-state index contributed by atoms with van der Waals surface area (Å²) in [4.78, 5) is 11.8. The van der Waals surface area contributed by atoms with Crippen LogP contribution in [0.1, 0.15) is 31.9 Å². The van der Waals surface area contributed by atoms with E-state index < -0.39 is 35.1 Å². The third-order valence-electron chi connectivity index (χ3n) is 4.42. The number of rotatable bonds is 8. The van der Waals surface area contributed by atoms with E-state index in [-0.39, 0.29) is 76.6 Å². The summed E-state index contributed by atoms with van der Waals surface area (Å²) in [6.45, 7) is 6.93. The second-order valence-corrected chi connectivity index (χ2v) is 8.11. The molecule has 0 heterocycles. The van der Waals surface area contributed by atoms with Crippen LogP contribution in [-0.4, -0.2) is 26.8 Å². The molecular formula is C21H22F3NO3SWY-2. The van der Waals surface area contributed by atoms with E-state index >= 15 is 0 Å². The van der Waals surface area contributed by atoms with Crippen molar-refractivity contribution in [1.82, 2.24) is 5.32 Å². The normalized spacial score (nSPS) is 14.2. The zero-order valence-electron chi connectivity index (χ0n) is 17.0. The summed E-state index contributed by atoms with van der Waals surface area (Å²) in [5, 5.41) is 2.41. The summed E-state index contributed by atoms with van der Waals surface area (Å²) in [6.07, 6.45) is -4.34. The predicted octanol–water partition coefficient (Wildman–Crippen LogP) is 4.60. The fourth-order valence-corrected chi connectivity index (χ4v) is 3.33. The van der Waals surface area contributed by atoms with Crippen molar-refractivity contribution in [1.29, 1.82) is 0 Å².